The van der Waals surface area contributed by atoms with Crippen molar-refractivity contribution in [2.75, 3.05) is 18.5 Å². The quantitative estimate of drug-likeness (QED) is 0.557. The molecule has 0 aliphatic rings. The van der Waals surface area contributed by atoms with Crippen molar-refractivity contribution in [3.63, 3.8) is 0 Å². The van der Waals surface area contributed by atoms with Gasteiger partial charge in [-0.1, -0.05) is 6.07 Å². The molecule has 1 aromatic carbocycles. The highest BCUT2D eigenvalue weighted by molar-refractivity contribution is 6.12. The summed E-state index contributed by atoms with van der Waals surface area (Å²) in [5.74, 6) is 0.0874. The van der Waals surface area contributed by atoms with E-state index in [-0.39, 0.29) is 29.7 Å². The summed E-state index contributed by atoms with van der Waals surface area (Å²) in [6.45, 7) is 0.0720. The Balaban J connectivity index is 1.85. The van der Waals surface area contributed by atoms with Crippen molar-refractivity contribution in [1.29, 1.82) is 0 Å². The number of hydrogen-bond donors (Lipinski definition) is 4. The molecule has 0 aliphatic heterocycles. The fourth-order valence-corrected chi connectivity index (χ4v) is 2.18. The molecule has 3 rings (SSSR count). The highest BCUT2D eigenvalue weighted by Gasteiger charge is 2.15. The van der Waals surface area contributed by atoms with E-state index in [0.29, 0.717) is 17.1 Å². The molecular formula is C15H14N4O4. The number of anilines is 1. The molecular weight excluding hydrogens is 300 g/mol. The topological polar surface area (TPSA) is 120 Å². The molecule has 8 heteroatoms. The molecule has 0 atom stereocenters. The smallest absolute Gasteiger partial charge is 0.261 e. The number of H-pyrrole nitrogens is 2. The van der Waals surface area contributed by atoms with Crippen molar-refractivity contribution in [3.05, 3.63) is 52.7 Å². The van der Waals surface area contributed by atoms with Crippen LogP contribution in [-0.4, -0.2) is 39.2 Å². The monoisotopic (exact) mass is 314 g/mol. The fraction of sp³-hybridized carbons (Fsp3) is 0.133. The van der Waals surface area contributed by atoms with E-state index in [1.54, 1.807) is 24.3 Å². The normalized spacial score (nSPS) is 10.7. The number of aromatic nitrogens is 3. The van der Waals surface area contributed by atoms with Gasteiger partial charge in [0.15, 0.2) is 0 Å². The predicted molar refractivity (Wildman–Crippen MR) is 83.7 cm³/mol. The second-order valence-corrected chi connectivity index (χ2v) is 4.71. The van der Waals surface area contributed by atoms with Crippen LogP contribution >= 0.6 is 0 Å². The molecule has 2 aromatic heterocycles. The Morgan fingerprint density at radius 3 is 3.04 bits per heavy atom. The molecule has 0 radical (unpaired) electrons. The van der Waals surface area contributed by atoms with E-state index in [1.807, 2.05) is 0 Å². The molecule has 4 N–H and O–H groups in total. The summed E-state index contributed by atoms with van der Waals surface area (Å²) < 4.78 is 5.28. The molecule has 1 amide bonds. The third-order valence-electron chi connectivity index (χ3n) is 3.17. The fourth-order valence-electron chi connectivity index (χ4n) is 2.18. The van der Waals surface area contributed by atoms with Gasteiger partial charge in [-0.2, -0.15) is 0 Å². The minimum atomic E-state index is -0.436. The Kier molecular flexibility index (Phi) is 4.07. The van der Waals surface area contributed by atoms with Crippen LogP contribution in [0.5, 0.6) is 5.75 Å². The van der Waals surface area contributed by atoms with Crippen molar-refractivity contribution >= 4 is 22.6 Å². The van der Waals surface area contributed by atoms with Crippen LogP contribution in [0.4, 0.5) is 5.69 Å². The predicted octanol–water partition coefficient (Wildman–Crippen LogP) is 0.875. The lowest BCUT2D eigenvalue weighted by Gasteiger charge is -2.08. The van der Waals surface area contributed by atoms with Gasteiger partial charge in [-0.05, 0) is 12.1 Å². The van der Waals surface area contributed by atoms with Crippen molar-refractivity contribution in [1.82, 2.24) is 15.0 Å². The molecule has 2 heterocycles. The maximum atomic E-state index is 12.4. The Hall–Kier alpha value is -3.13. The average Bonchev–Trinajstić information content (AvgIpc) is 2.99. The van der Waals surface area contributed by atoms with E-state index in [1.165, 1.54) is 12.5 Å². The zero-order chi connectivity index (χ0) is 16.2. The van der Waals surface area contributed by atoms with Crippen LogP contribution in [0, 0.1) is 0 Å². The number of benzene rings is 1. The first-order chi connectivity index (χ1) is 11.2. The van der Waals surface area contributed by atoms with Gasteiger partial charge >= 0.3 is 0 Å². The van der Waals surface area contributed by atoms with Gasteiger partial charge in [0.1, 0.15) is 18.0 Å². The number of aromatic amines is 2. The molecule has 0 aliphatic carbocycles. The minimum absolute atomic E-state index is 0.0955. The zero-order valence-electron chi connectivity index (χ0n) is 12.0. The number of nitrogens with zero attached hydrogens (tertiary/aromatic N) is 1. The van der Waals surface area contributed by atoms with Gasteiger partial charge in [-0.15, -0.1) is 0 Å². The summed E-state index contributed by atoms with van der Waals surface area (Å²) in [5, 5.41) is 11.7. The number of amides is 1. The first kappa shape index (κ1) is 14.8. The molecule has 23 heavy (non-hydrogen) atoms. The van der Waals surface area contributed by atoms with E-state index >= 15 is 0 Å². The number of carbonyl (C=O) groups excluding carboxylic acids is 1. The SMILES string of the molecule is O=C(Nc1cccc(OCCO)c1)c1c[nH]c2nc[nH]c(=O)c12. The molecule has 0 saturated heterocycles. The molecule has 0 fully saturated rings. The van der Waals surface area contributed by atoms with E-state index < -0.39 is 5.91 Å². The summed E-state index contributed by atoms with van der Waals surface area (Å²) >= 11 is 0. The largest absolute Gasteiger partial charge is 0.491 e. The first-order valence-electron chi connectivity index (χ1n) is 6.89. The van der Waals surface area contributed by atoms with Gasteiger partial charge in [0.2, 0.25) is 0 Å². The Morgan fingerprint density at radius 1 is 1.35 bits per heavy atom. The number of aliphatic hydroxyl groups excluding tert-OH is 1. The summed E-state index contributed by atoms with van der Waals surface area (Å²) in [5.41, 5.74) is 0.677. The maximum Gasteiger partial charge on any atom is 0.261 e. The van der Waals surface area contributed by atoms with Crippen LogP contribution in [-0.2, 0) is 0 Å². The van der Waals surface area contributed by atoms with Gasteiger partial charge in [0, 0.05) is 18.0 Å². The van der Waals surface area contributed by atoms with E-state index in [4.69, 9.17) is 9.84 Å². The molecule has 8 nitrogen and oxygen atoms in total. The number of rotatable bonds is 5. The van der Waals surface area contributed by atoms with Crippen molar-refractivity contribution in [2.24, 2.45) is 0 Å². The average molecular weight is 314 g/mol. The van der Waals surface area contributed by atoms with Crippen molar-refractivity contribution < 1.29 is 14.6 Å². The lowest BCUT2D eigenvalue weighted by atomic mass is 10.2. The number of fused-ring (bicyclic) bond motifs is 1. The highest BCUT2D eigenvalue weighted by Crippen LogP contribution is 2.19. The second kappa shape index (κ2) is 6.32. The summed E-state index contributed by atoms with van der Waals surface area (Å²) in [6.07, 6.45) is 2.71. The lowest BCUT2D eigenvalue weighted by molar-refractivity contribution is 0.102. The summed E-state index contributed by atoms with van der Waals surface area (Å²) in [4.78, 5) is 33.4. The number of hydrogen-bond acceptors (Lipinski definition) is 5. The number of carbonyl (C=O) groups is 1. The standard InChI is InChI=1S/C15H14N4O4/c20-4-5-23-10-3-1-2-9(6-10)19-14(21)11-7-16-13-12(11)15(22)18-8-17-13/h1-3,6-8,20H,4-5H2,(H,19,21)(H2,16,17,18,22). The van der Waals surface area contributed by atoms with Gasteiger partial charge in [-0.3, -0.25) is 9.59 Å². The highest BCUT2D eigenvalue weighted by atomic mass is 16.5. The Labute approximate surface area is 130 Å². The van der Waals surface area contributed by atoms with Crippen LogP contribution in [0.25, 0.3) is 11.0 Å². The third kappa shape index (κ3) is 3.06. The van der Waals surface area contributed by atoms with Crippen molar-refractivity contribution in [2.45, 2.75) is 0 Å². The lowest BCUT2D eigenvalue weighted by Crippen LogP contribution is -2.15. The van der Waals surface area contributed by atoms with Crippen LogP contribution in [0.15, 0.2) is 41.6 Å². The van der Waals surface area contributed by atoms with Gasteiger partial charge in [-0.25, -0.2) is 4.98 Å². The minimum Gasteiger partial charge on any atom is -0.491 e. The summed E-state index contributed by atoms with van der Waals surface area (Å²) in [6, 6.07) is 6.75. The Morgan fingerprint density at radius 2 is 2.22 bits per heavy atom. The second-order valence-electron chi connectivity index (χ2n) is 4.71. The zero-order valence-corrected chi connectivity index (χ0v) is 12.0. The molecule has 0 unspecified atom stereocenters. The van der Waals surface area contributed by atoms with Crippen LogP contribution in [0.2, 0.25) is 0 Å². The third-order valence-corrected chi connectivity index (χ3v) is 3.17. The van der Waals surface area contributed by atoms with Gasteiger partial charge < -0.3 is 25.1 Å². The van der Waals surface area contributed by atoms with Crippen LogP contribution in [0.1, 0.15) is 10.4 Å². The van der Waals surface area contributed by atoms with Crippen molar-refractivity contribution in [3.8, 4) is 5.75 Å². The van der Waals surface area contributed by atoms with E-state index in [2.05, 4.69) is 20.3 Å². The molecule has 0 spiro atoms. The van der Waals surface area contributed by atoms with Crippen LogP contribution < -0.4 is 15.6 Å². The summed E-state index contributed by atoms with van der Waals surface area (Å²) in [7, 11) is 0. The molecule has 0 saturated carbocycles. The van der Waals surface area contributed by atoms with Gasteiger partial charge in [0.05, 0.1) is 23.9 Å². The number of ether oxygens (including phenoxy) is 1. The maximum absolute atomic E-state index is 12.4. The Bertz CT molecular complexity index is 900. The molecule has 118 valence electrons. The molecule has 3 aromatic rings. The van der Waals surface area contributed by atoms with E-state index in [0.717, 1.165) is 0 Å². The number of nitrogens with one attached hydrogen (secondary N) is 3. The first-order valence-corrected chi connectivity index (χ1v) is 6.89. The van der Waals surface area contributed by atoms with Crippen LogP contribution in [0.3, 0.4) is 0 Å². The molecule has 0 bridgehead atoms. The van der Waals surface area contributed by atoms with E-state index in [9.17, 15) is 9.59 Å². The number of aliphatic hydroxyl groups is 1. The van der Waals surface area contributed by atoms with Gasteiger partial charge in [0.25, 0.3) is 11.5 Å².